The van der Waals surface area contributed by atoms with Crippen LogP contribution in [0.25, 0.3) is 49.9 Å². The van der Waals surface area contributed by atoms with Crippen molar-refractivity contribution in [2.75, 3.05) is 7.11 Å². The first-order valence-electron chi connectivity index (χ1n) is 16.3. The number of methoxy groups -OCH3 is 1. The van der Waals surface area contributed by atoms with Crippen molar-refractivity contribution in [2.45, 2.75) is 37.7 Å². The molecule has 1 aliphatic heterocycles. The lowest BCUT2D eigenvalue weighted by Crippen LogP contribution is -2.35. The Morgan fingerprint density at radius 3 is 2.24 bits per heavy atom. The van der Waals surface area contributed by atoms with Crippen LogP contribution in [0.3, 0.4) is 0 Å². The largest absolute Gasteiger partial charge is 0.497 e. The van der Waals surface area contributed by atoms with E-state index in [1.807, 2.05) is 12.1 Å². The van der Waals surface area contributed by atoms with Gasteiger partial charge in [-0.2, -0.15) is 0 Å². The Morgan fingerprint density at radius 2 is 1.41 bits per heavy atom. The summed E-state index contributed by atoms with van der Waals surface area (Å²) in [6, 6.07) is 40.7. The van der Waals surface area contributed by atoms with E-state index >= 15 is 0 Å². The van der Waals surface area contributed by atoms with Crippen molar-refractivity contribution in [1.29, 1.82) is 0 Å². The second-order valence-electron chi connectivity index (χ2n) is 12.6. The molecule has 9 rings (SSSR count). The SMILES string of the molecule is CCC1(CC)c2ccccc2-c2c1c1c(c3cc(OC)ccc23)OC(c2ccccc2)(c2ccc3oc4ccccc4c3c2)C=C1. The molecule has 0 saturated heterocycles. The third kappa shape index (κ3) is 3.49. The minimum Gasteiger partial charge on any atom is -0.497 e. The van der Waals surface area contributed by atoms with Crippen molar-refractivity contribution in [1.82, 2.24) is 0 Å². The molecule has 2 aliphatic rings. The van der Waals surface area contributed by atoms with Crippen molar-refractivity contribution in [2.24, 2.45) is 0 Å². The first-order chi connectivity index (χ1) is 22.6. The molecule has 0 spiro atoms. The quantitative estimate of drug-likeness (QED) is 0.198. The van der Waals surface area contributed by atoms with E-state index in [1.54, 1.807) is 7.11 Å². The van der Waals surface area contributed by atoms with Crippen LogP contribution in [0.15, 0.2) is 126 Å². The number of furan rings is 1. The van der Waals surface area contributed by atoms with E-state index in [0.29, 0.717) is 0 Å². The minimum atomic E-state index is -0.863. The van der Waals surface area contributed by atoms with Gasteiger partial charge in [0.25, 0.3) is 0 Å². The summed E-state index contributed by atoms with van der Waals surface area (Å²) in [4.78, 5) is 0. The monoisotopic (exact) mass is 598 g/mol. The van der Waals surface area contributed by atoms with E-state index in [-0.39, 0.29) is 5.41 Å². The lowest BCUT2D eigenvalue weighted by molar-refractivity contribution is 0.163. The summed E-state index contributed by atoms with van der Waals surface area (Å²) >= 11 is 0. The standard InChI is InChI=1S/C43H34O3/c1-4-42(5-2)36-17-11-9-16-32(36)39-31-21-20-29(44-3)26-35(31)41-33(40(39)42)23-24-43(46-41,27-13-7-6-8-14-27)28-19-22-38-34(25-28)30-15-10-12-18-37(30)45-38/h6-26H,4-5H2,1-3H3. The smallest absolute Gasteiger partial charge is 0.178 e. The van der Waals surface area contributed by atoms with Crippen molar-refractivity contribution < 1.29 is 13.9 Å². The molecular formula is C43H34O3. The second-order valence-corrected chi connectivity index (χ2v) is 12.6. The number of fused-ring (bicyclic) bond motifs is 11. The highest BCUT2D eigenvalue weighted by atomic mass is 16.5. The Hall–Kier alpha value is -5.28. The Bertz CT molecular complexity index is 2360. The number of benzene rings is 6. The molecule has 1 aliphatic carbocycles. The fourth-order valence-electron chi connectivity index (χ4n) is 8.38. The molecule has 7 aromatic rings. The number of hydrogen-bond acceptors (Lipinski definition) is 3. The average molecular weight is 599 g/mol. The van der Waals surface area contributed by atoms with E-state index < -0.39 is 5.60 Å². The average Bonchev–Trinajstić information content (AvgIpc) is 3.65. The summed E-state index contributed by atoms with van der Waals surface area (Å²) in [6.07, 6.45) is 6.62. The lowest BCUT2D eigenvalue weighted by Gasteiger charge is -2.39. The molecule has 1 atom stereocenters. The summed E-state index contributed by atoms with van der Waals surface area (Å²) in [7, 11) is 1.73. The molecule has 0 N–H and O–H groups in total. The summed E-state index contributed by atoms with van der Waals surface area (Å²) in [6.45, 7) is 4.65. The maximum Gasteiger partial charge on any atom is 0.178 e. The Morgan fingerprint density at radius 1 is 0.652 bits per heavy atom. The van der Waals surface area contributed by atoms with E-state index in [0.717, 1.165) is 68.4 Å². The molecule has 2 heterocycles. The van der Waals surface area contributed by atoms with Gasteiger partial charge in [0.15, 0.2) is 5.60 Å². The molecule has 1 unspecified atom stereocenters. The van der Waals surface area contributed by atoms with Gasteiger partial charge < -0.3 is 13.9 Å². The topological polar surface area (TPSA) is 31.6 Å². The lowest BCUT2D eigenvalue weighted by atomic mass is 9.71. The highest BCUT2D eigenvalue weighted by Gasteiger charge is 2.46. The van der Waals surface area contributed by atoms with Crippen LogP contribution in [0.1, 0.15) is 54.5 Å². The normalized spacial score (nSPS) is 17.5. The number of rotatable bonds is 5. The van der Waals surface area contributed by atoms with Crippen LogP contribution in [-0.4, -0.2) is 7.11 Å². The van der Waals surface area contributed by atoms with Gasteiger partial charge in [-0.1, -0.05) is 98.8 Å². The molecule has 224 valence electrons. The van der Waals surface area contributed by atoms with Gasteiger partial charge in [-0.15, -0.1) is 0 Å². The molecule has 0 bridgehead atoms. The first-order valence-corrected chi connectivity index (χ1v) is 16.3. The van der Waals surface area contributed by atoms with Crippen molar-refractivity contribution in [3.63, 3.8) is 0 Å². The maximum absolute atomic E-state index is 7.58. The summed E-state index contributed by atoms with van der Waals surface area (Å²) in [5.74, 6) is 1.71. The van der Waals surface area contributed by atoms with Crippen LogP contribution in [-0.2, 0) is 11.0 Å². The Balaban J connectivity index is 1.38. The third-order valence-electron chi connectivity index (χ3n) is 10.7. The predicted octanol–water partition coefficient (Wildman–Crippen LogP) is 11.2. The van der Waals surface area contributed by atoms with E-state index in [1.165, 1.54) is 27.6 Å². The summed E-state index contributed by atoms with van der Waals surface area (Å²) in [5, 5.41) is 4.44. The van der Waals surface area contributed by atoms with Gasteiger partial charge in [-0.3, -0.25) is 0 Å². The molecule has 0 amide bonds. The highest BCUT2D eigenvalue weighted by Crippen LogP contribution is 2.60. The summed E-state index contributed by atoms with van der Waals surface area (Å²) < 4.78 is 19.6. The van der Waals surface area contributed by atoms with Crippen LogP contribution >= 0.6 is 0 Å². The minimum absolute atomic E-state index is 0.112. The molecule has 0 saturated carbocycles. The van der Waals surface area contributed by atoms with Crippen molar-refractivity contribution in [3.8, 4) is 22.6 Å². The van der Waals surface area contributed by atoms with E-state index in [9.17, 15) is 0 Å². The van der Waals surface area contributed by atoms with Gasteiger partial charge in [0, 0.05) is 38.3 Å². The van der Waals surface area contributed by atoms with Gasteiger partial charge in [0.1, 0.15) is 22.7 Å². The number of ether oxygens (including phenoxy) is 2. The predicted molar refractivity (Wildman–Crippen MR) is 188 cm³/mol. The van der Waals surface area contributed by atoms with Crippen LogP contribution in [0, 0.1) is 0 Å². The highest BCUT2D eigenvalue weighted by molar-refractivity contribution is 6.09. The molecule has 0 radical (unpaired) electrons. The molecule has 0 fully saturated rings. The zero-order chi connectivity index (χ0) is 31.0. The Kier molecular flexibility index (Phi) is 5.80. The first kappa shape index (κ1) is 27.1. The van der Waals surface area contributed by atoms with Gasteiger partial charge in [-0.05, 0) is 83.0 Å². The van der Waals surface area contributed by atoms with Gasteiger partial charge in [0.2, 0.25) is 0 Å². The van der Waals surface area contributed by atoms with Gasteiger partial charge in [0.05, 0.1) is 7.11 Å². The van der Waals surface area contributed by atoms with Crippen molar-refractivity contribution in [3.05, 3.63) is 149 Å². The van der Waals surface area contributed by atoms with Crippen LogP contribution < -0.4 is 9.47 Å². The van der Waals surface area contributed by atoms with Crippen LogP contribution in [0.2, 0.25) is 0 Å². The van der Waals surface area contributed by atoms with Crippen LogP contribution in [0.4, 0.5) is 0 Å². The van der Waals surface area contributed by atoms with Gasteiger partial charge >= 0.3 is 0 Å². The fourth-order valence-corrected chi connectivity index (χ4v) is 8.38. The maximum atomic E-state index is 7.58. The third-order valence-corrected chi connectivity index (χ3v) is 10.7. The van der Waals surface area contributed by atoms with E-state index in [4.69, 9.17) is 13.9 Å². The number of hydrogen-bond donors (Lipinski definition) is 0. The Labute approximate surface area is 268 Å². The molecular weight excluding hydrogens is 564 g/mol. The molecule has 46 heavy (non-hydrogen) atoms. The second kappa shape index (κ2) is 9.86. The molecule has 3 nitrogen and oxygen atoms in total. The number of para-hydroxylation sites is 1. The molecule has 6 aromatic carbocycles. The van der Waals surface area contributed by atoms with Crippen LogP contribution in [0.5, 0.6) is 11.5 Å². The van der Waals surface area contributed by atoms with Gasteiger partial charge in [-0.25, -0.2) is 0 Å². The summed E-state index contributed by atoms with van der Waals surface area (Å²) in [5.41, 5.74) is 9.50. The zero-order valence-corrected chi connectivity index (χ0v) is 26.3. The zero-order valence-electron chi connectivity index (χ0n) is 26.3. The fraction of sp³-hybridized carbons (Fsp3) is 0.163. The van der Waals surface area contributed by atoms with Crippen molar-refractivity contribution >= 4 is 38.8 Å². The molecule has 3 heteroatoms. The van der Waals surface area contributed by atoms with E-state index in [2.05, 4.69) is 129 Å². The molecule has 1 aromatic heterocycles.